The predicted octanol–water partition coefficient (Wildman–Crippen LogP) is 1.33. The number of aliphatic hydroxyl groups is 2. The molecule has 3 N–H and O–H groups in total. The maximum Gasteiger partial charge on any atom is 0.253 e. The Bertz CT molecular complexity index is 818. The first kappa shape index (κ1) is 18.9. The molecular weight excluding hydrogens is 354 g/mol. The van der Waals surface area contributed by atoms with Gasteiger partial charge in [-0.25, -0.2) is 0 Å². The van der Waals surface area contributed by atoms with E-state index in [9.17, 15) is 15.0 Å². The number of aliphatic hydroxyl groups excluding tert-OH is 2. The average Bonchev–Trinajstić information content (AvgIpc) is 2.76. The SMILES string of the molecule is O=C(c1ccc(-c2cccc(N3CCNCC3)c2)cc1)N1CC[C@H](O)[C@@H](O)C1. The fourth-order valence-electron chi connectivity index (χ4n) is 3.90. The fourth-order valence-corrected chi connectivity index (χ4v) is 3.90. The summed E-state index contributed by atoms with van der Waals surface area (Å²) >= 11 is 0. The molecule has 0 aromatic heterocycles. The van der Waals surface area contributed by atoms with Gasteiger partial charge in [-0.3, -0.25) is 4.79 Å². The first-order valence-electron chi connectivity index (χ1n) is 9.93. The van der Waals surface area contributed by atoms with Crippen LogP contribution in [0.1, 0.15) is 16.8 Å². The van der Waals surface area contributed by atoms with E-state index < -0.39 is 12.2 Å². The van der Waals surface area contributed by atoms with Crippen LogP contribution in [0.15, 0.2) is 48.5 Å². The van der Waals surface area contributed by atoms with Crippen LogP contribution >= 0.6 is 0 Å². The number of nitrogens with zero attached hydrogens (tertiary/aromatic N) is 2. The number of carbonyl (C=O) groups excluding carboxylic acids is 1. The predicted molar refractivity (Wildman–Crippen MR) is 109 cm³/mol. The lowest BCUT2D eigenvalue weighted by Gasteiger charge is -2.33. The van der Waals surface area contributed by atoms with Crippen LogP contribution in [-0.2, 0) is 0 Å². The van der Waals surface area contributed by atoms with Gasteiger partial charge in [-0.05, 0) is 41.8 Å². The zero-order valence-electron chi connectivity index (χ0n) is 15.9. The number of piperazine rings is 1. The number of hydrogen-bond donors (Lipinski definition) is 3. The standard InChI is InChI=1S/C22H27N3O3/c26-20-8-11-25(15-21(20)27)22(28)17-6-4-16(5-7-17)18-2-1-3-19(14-18)24-12-9-23-10-13-24/h1-7,14,20-21,23,26-27H,8-13,15H2/t20-,21-/m0/s1. The van der Waals surface area contributed by atoms with Crippen molar-refractivity contribution in [3.05, 3.63) is 54.1 Å². The van der Waals surface area contributed by atoms with Gasteiger partial charge in [0.05, 0.1) is 12.2 Å². The molecule has 0 saturated carbocycles. The number of piperidine rings is 1. The molecule has 2 aliphatic heterocycles. The van der Waals surface area contributed by atoms with Crippen LogP contribution in [0.4, 0.5) is 5.69 Å². The van der Waals surface area contributed by atoms with Crippen LogP contribution in [0.5, 0.6) is 0 Å². The number of hydrogen-bond acceptors (Lipinski definition) is 5. The van der Waals surface area contributed by atoms with E-state index in [1.807, 2.05) is 24.3 Å². The molecule has 2 fully saturated rings. The molecule has 2 atom stereocenters. The number of benzene rings is 2. The number of nitrogens with one attached hydrogen (secondary N) is 1. The number of rotatable bonds is 3. The van der Waals surface area contributed by atoms with Gasteiger partial charge in [-0.1, -0.05) is 24.3 Å². The zero-order valence-corrected chi connectivity index (χ0v) is 15.9. The highest BCUT2D eigenvalue weighted by atomic mass is 16.3. The van der Waals surface area contributed by atoms with E-state index in [0.29, 0.717) is 18.5 Å². The second-order valence-corrected chi connectivity index (χ2v) is 7.54. The number of likely N-dealkylation sites (tertiary alicyclic amines) is 1. The Morgan fingerprint density at radius 1 is 0.929 bits per heavy atom. The molecule has 6 nitrogen and oxygen atoms in total. The largest absolute Gasteiger partial charge is 0.390 e. The summed E-state index contributed by atoms with van der Waals surface area (Å²) in [6.45, 7) is 4.66. The maximum absolute atomic E-state index is 12.7. The van der Waals surface area contributed by atoms with Gasteiger partial charge in [-0.15, -0.1) is 0 Å². The topological polar surface area (TPSA) is 76.0 Å². The quantitative estimate of drug-likeness (QED) is 0.748. The Balaban J connectivity index is 1.48. The summed E-state index contributed by atoms with van der Waals surface area (Å²) in [4.78, 5) is 16.7. The number of β-amino-alcohol motifs (C(OH)–C–C–N with tert-alkyl or cyclic N) is 1. The Kier molecular flexibility index (Phi) is 5.62. The molecule has 6 heteroatoms. The molecule has 0 unspecified atom stereocenters. The lowest BCUT2D eigenvalue weighted by atomic mass is 10.0. The normalized spacial score (nSPS) is 22.9. The van der Waals surface area contributed by atoms with E-state index in [2.05, 4.69) is 34.5 Å². The summed E-state index contributed by atoms with van der Waals surface area (Å²) in [5, 5.41) is 22.8. The van der Waals surface area contributed by atoms with Gasteiger partial charge in [0.2, 0.25) is 0 Å². The maximum atomic E-state index is 12.7. The van der Waals surface area contributed by atoms with Gasteiger partial charge in [0.1, 0.15) is 0 Å². The molecule has 2 aromatic rings. The van der Waals surface area contributed by atoms with Gasteiger partial charge >= 0.3 is 0 Å². The van der Waals surface area contributed by atoms with Crippen molar-refractivity contribution in [2.45, 2.75) is 18.6 Å². The number of amides is 1. The van der Waals surface area contributed by atoms with Gasteiger partial charge in [0.15, 0.2) is 0 Å². The van der Waals surface area contributed by atoms with E-state index in [0.717, 1.165) is 37.3 Å². The Labute approximate surface area is 165 Å². The minimum atomic E-state index is -0.871. The van der Waals surface area contributed by atoms with Gasteiger partial charge in [0.25, 0.3) is 5.91 Å². The Morgan fingerprint density at radius 3 is 2.39 bits per heavy atom. The molecule has 0 radical (unpaired) electrons. The first-order valence-corrected chi connectivity index (χ1v) is 9.93. The van der Waals surface area contributed by atoms with Crippen LogP contribution in [-0.4, -0.2) is 72.5 Å². The van der Waals surface area contributed by atoms with E-state index in [-0.39, 0.29) is 12.5 Å². The first-order chi connectivity index (χ1) is 13.6. The van der Waals surface area contributed by atoms with E-state index in [1.54, 1.807) is 4.90 Å². The highest BCUT2D eigenvalue weighted by molar-refractivity contribution is 5.94. The average molecular weight is 381 g/mol. The molecule has 0 aliphatic carbocycles. The molecule has 2 saturated heterocycles. The third kappa shape index (κ3) is 4.04. The Hall–Kier alpha value is -2.41. The minimum absolute atomic E-state index is 0.105. The summed E-state index contributed by atoms with van der Waals surface area (Å²) in [5.74, 6) is -0.105. The van der Waals surface area contributed by atoms with Crippen molar-refractivity contribution in [2.24, 2.45) is 0 Å². The molecule has 0 bridgehead atoms. The van der Waals surface area contributed by atoms with Crippen molar-refractivity contribution < 1.29 is 15.0 Å². The molecule has 4 rings (SSSR count). The van der Waals surface area contributed by atoms with Gasteiger partial charge in [-0.2, -0.15) is 0 Å². The lowest BCUT2D eigenvalue weighted by Crippen LogP contribution is -2.48. The van der Waals surface area contributed by atoms with Crippen LogP contribution in [0.3, 0.4) is 0 Å². The molecule has 2 aliphatic rings. The van der Waals surface area contributed by atoms with Gasteiger partial charge < -0.3 is 25.3 Å². The molecule has 28 heavy (non-hydrogen) atoms. The van der Waals surface area contributed by atoms with Crippen molar-refractivity contribution >= 4 is 11.6 Å². The van der Waals surface area contributed by atoms with Crippen LogP contribution in [0.2, 0.25) is 0 Å². The monoisotopic (exact) mass is 381 g/mol. The Morgan fingerprint density at radius 2 is 1.68 bits per heavy atom. The summed E-state index contributed by atoms with van der Waals surface area (Å²) in [5.41, 5.74) is 4.03. The summed E-state index contributed by atoms with van der Waals surface area (Å²) in [6.07, 6.45) is -1.21. The second-order valence-electron chi connectivity index (χ2n) is 7.54. The molecule has 2 heterocycles. The third-order valence-corrected chi connectivity index (χ3v) is 5.63. The highest BCUT2D eigenvalue weighted by Gasteiger charge is 2.29. The molecule has 2 aromatic carbocycles. The van der Waals surface area contributed by atoms with E-state index in [4.69, 9.17) is 0 Å². The van der Waals surface area contributed by atoms with Crippen molar-refractivity contribution in [3.8, 4) is 11.1 Å². The van der Waals surface area contributed by atoms with Crippen LogP contribution in [0, 0.1) is 0 Å². The van der Waals surface area contributed by atoms with E-state index >= 15 is 0 Å². The van der Waals surface area contributed by atoms with Crippen molar-refractivity contribution in [3.63, 3.8) is 0 Å². The summed E-state index contributed by atoms with van der Waals surface area (Å²) in [7, 11) is 0. The number of carbonyl (C=O) groups is 1. The second kappa shape index (κ2) is 8.31. The lowest BCUT2D eigenvalue weighted by molar-refractivity contribution is -0.0321. The molecule has 1 amide bonds. The van der Waals surface area contributed by atoms with Crippen LogP contribution < -0.4 is 10.2 Å². The minimum Gasteiger partial charge on any atom is -0.390 e. The third-order valence-electron chi connectivity index (χ3n) is 5.63. The summed E-state index contributed by atoms with van der Waals surface area (Å²) in [6, 6.07) is 16.1. The molecular formula is C22H27N3O3. The fraction of sp³-hybridized carbons (Fsp3) is 0.409. The van der Waals surface area contributed by atoms with Gasteiger partial charge in [0, 0.05) is 50.5 Å². The van der Waals surface area contributed by atoms with Crippen molar-refractivity contribution in [1.29, 1.82) is 0 Å². The molecule has 0 spiro atoms. The number of anilines is 1. The zero-order chi connectivity index (χ0) is 19.5. The molecule has 148 valence electrons. The van der Waals surface area contributed by atoms with Crippen molar-refractivity contribution in [1.82, 2.24) is 10.2 Å². The smallest absolute Gasteiger partial charge is 0.253 e. The summed E-state index contributed by atoms with van der Waals surface area (Å²) < 4.78 is 0. The highest BCUT2D eigenvalue weighted by Crippen LogP contribution is 2.26. The van der Waals surface area contributed by atoms with Crippen molar-refractivity contribution in [2.75, 3.05) is 44.2 Å². The van der Waals surface area contributed by atoms with E-state index in [1.165, 1.54) is 5.69 Å². The van der Waals surface area contributed by atoms with Crippen LogP contribution in [0.25, 0.3) is 11.1 Å².